The second-order valence-electron chi connectivity index (χ2n) is 5.26. The van der Waals surface area contributed by atoms with Gasteiger partial charge in [-0.15, -0.1) is 0 Å². The monoisotopic (exact) mass is 315 g/mol. The van der Waals surface area contributed by atoms with E-state index in [2.05, 4.69) is 5.32 Å². The van der Waals surface area contributed by atoms with Crippen molar-refractivity contribution >= 4 is 17.6 Å². The number of rotatable bonds is 5. The number of carbonyl (C=O) groups is 2. The highest BCUT2D eigenvalue weighted by molar-refractivity contribution is 5.93. The summed E-state index contributed by atoms with van der Waals surface area (Å²) < 4.78 is 17.7. The van der Waals surface area contributed by atoms with E-state index in [1.54, 1.807) is 6.07 Å². The van der Waals surface area contributed by atoms with Crippen molar-refractivity contribution in [2.75, 3.05) is 11.9 Å². The lowest BCUT2D eigenvalue weighted by Gasteiger charge is -2.10. The van der Waals surface area contributed by atoms with E-state index in [4.69, 9.17) is 4.74 Å². The molecule has 0 bridgehead atoms. The van der Waals surface area contributed by atoms with Crippen molar-refractivity contribution in [3.8, 4) is 0 Å². The van der Waals surface area contributed by atoms with E-state index in [1.807, 2.05) is 26.0 Å². The Balaban J connectivity index is 1.83. The maximum absolute atomic E-state index is 12.8. The largest absolute Gasteiger partial charge is 0.455 e. The molecular formula is C18H18FNO3. The maximum atomic E-state index is 12.8. The predicted octanol–water partition coefficient (Wildman–Crippen LogP) is 3.17. The molecule has 120 valence electrons. The molecule has 0 spiro atoms. The Hall–Kier alpha value is -2.69. The fourth-order valence-corrected chi connectivity index (χ4v) is 2.04. The van der Waals surface area contributed by atoms with Crippen LogP contribution in [0.4, 0.5) is 10.1 Å². The van der Waals surface area contributed by atoms with Gasteiger partial charge in [0, 0.05) is 5.69 Å². The first-order valence-electron chi connectivity index (χ1n) is 7.22. The van der Waals surface area contributed by atoms with Gasteiger partial charge in [-0.2, -0.15) is 0 Å². The molecule has 0 fully saturated rings. The van der Waals surface area contributed by atoms with Crippen LogP contribution in [0.5, 0.6) is 0 Å². The fraction of sp³-hybridized carbons (Fsp3) is 0.222. The van der Waals surface area contributed by atoms with Gasteiger partial charge in [-0.05, 0) is 48.7 Å². The normalized spacial score (nSPS) is 10.2. The summed E-state index contributed by atoms with van der Waals surface area (Å²) in [5, 5.41) is 2.71. The Kier molecular flexibility index (Phi) is 5.46. The molecule has 23 heavy (non-hydrogen) atoms. The summed E-state index contributed by atoms with van der Waals surface area (Å²) in [5.74, 6) is -1.30. The van der Waals surface area contributed by atoms with Gasteiger partial charge in [0.1, 0.15) is 5.82 Å². The van der Waals surface area contributed by atoms with Crippen LogP contribution in [0, 0.1) is 19.7 Å². The molecule has 0 aliphatic rings. The van der Waals surface area contributed by atoms with Gasteiger partial charge < -0.3 is 10.1 Å². The molecule has 4 nitrogen and oxygen atoms in total. The number of halogens is 1. The van der Waals surface area contributed by atoms with Crippen molar-refractivity contribution in [2.45, 2.75) is 20.3 Å². The summed E-state index contributed by atoms with van der Waals surface area (Å²) in [4.78, 5) is 23.5. The van der Waals surface area contributed by atoms with Crippen molar-refractivity contribution in [2.24, 2.45) is 0 Å². The van der Waals surface area contributed by atoms with Gasteiger partial charge in [0.05, 0.1) is 6.42 Å². The number of hydrogen-bond acceptors (Lipinski definition) is 3. The molecule has 0 saturated carbocycles. The summed E-state index contributed by atoms with van der Waals surface area (Å²) in [6.07, 6.45) is -0.00294. The van der Waals surface area contributed by atoms with Crippen LogP contribution >= 0.6 is 0 Å². The van der Waals surface area contributed by atoms with Gasteiger partial charge in [0.25, 0.3) is 5.91 Å². The highest BCUT2D eigenvalue weighted by Gasteiger charge is 2.10. The van der Waals surface area contributed by atoms with Gasteiger partial charge in [0.15, 0.2) is 6.61 Å². The summed E-state index contributed by atoms with van der Waals surface area (Å²) in [6, 6.07) is 11.2. The third-order valence-electron chi connectivity index (χ3n) is 3.50. The third-order valence-corrected chi connectivity index (χ3v) is 3.50. The van der Waals surface area contributed by atoms with Crippen molar-refractivity contribution in [1.29, 1.82) is 0 Å². The Morgan fingerprint density at radius 1 is 1.09 bits per heavy atom. The minimum absolute atomic E-state index is 0.00294. The quantitative estimate of drug-likeness (QED) is 0.862. The SMILES string of the molecule is Cc1cccc(NC(=O)COC(=O)Cc2ccc(F)cc2)c1C. The van der Waals surface area contributed by atoms with Crippen LogP contribution in [0.25, 0.3) is 0 Å². The average Bonchev–Trinajstić information content (AvgIpc) is 2.52. The Labute approximate surface area is 134 Å². The molecule has 0 heterocycles. The molecule has 0 unspecified atom stereocenters. The standard InChI is InChI=1S/C18H18FNO3/c1-12-4-3-5-16(13(12)2)20-17(21)11-23-18(22)10-14-6-8-15(19)9-7-14/h3-9H,10-11H2,1-2H3,(H,20,21). The lowest BCUT2D eigenvalue weighted by atomic mass is 10.1. The first kappa shape index (κ1) is 16.7. The Morgan fingerprint density at radius 3 is 2.48 bits per heavy atom. The zero-order chi connectivity index (χ0) is 16.8. The number of aryl methyl sites for hydroxylation is 1. The number of anilines is 1. The highest BCUT2D eigenvalue weighted by atomic mass is 19.1. The first-order valence-corrected chi connectivity index (χ1v) is 7.22. The van der Waals surface area contributed by atoms with Crippen LogP contribution in [-0.2, 0) is 20.7 Å². The molecule has 0 aromatic heterocycles. The molecule has 0 aliphatic carbocycles. The molecule has 5 heteroatoms. The topological polar surface area (TPSA) is 55.4 Å². The number of carbonyl (C=O) groups excluding carboxylic acids is 2. The fourth-order valence-electron chi connectivity index (χ4n) is 2.04. The minimum atomic E-state index is -0.535. The second kappa shape index (κ2) is 7.54. The van der Waals surface area contributed by atoms with Crippen molar-refractivity contribution in [3.63, 3.8) is 0 Å². The summed E-state index contributed by atoms with van der Waals surface area (Å²) in [5.41, 5.74) is 3.37. The summed E-state index contributed by atoms with van der Waals surface area (Å²) in [6.45, 7) is 3.51. The molecule has 2 rings (SSSR count). The smallest absolute Gasteiger partial charge is 0.310 e. The molecule has 0 saturated heterocycles. The van der Waals surface area contributed by atoms with Crippen LogP contribution in [0.3, 0.4) is 0 Å². The van der Waals surface area contributed by atoms with Gasteiger partial charge in [0.2, 0.25) is 0 Å². The third kappa shape index (κ3) is 4.92. The van der Waals surface area contributed by atoms with Gasteiger partial charge >= 0.3 is 5.97 Å². The Morgan fingerprint density at radius 2 is 1.78 bits per heavy atom. The van der Waals surface area contributed by atoms with Crippen molar-refractivity contribution in [1.82, 2.24) is 0 Å². The number of amides is 1. The van der Waals surface area contributed by atoms with Crippen molar-refractivity contribution < 1.29 is 18.7 Å². The zero-order valence-electron chi connectivity index (χ0n) is 13.1. The molecule has 2 aromatic rings. The van der Waals surface area contributed by atoms with Crippen LogP contribution < -0.4 is 5.32 Å². The number of benzene rings is 2. The molecule has 0 radical (unpaired) electrons. The highest BCUT2D eigenvalue weighted by Crippen LogP contribution is 2.17. The van der Waals surface area contributed by atoms with E-state index in [9.17, 15) is 14.0 Å². The molecular weight excluding hydrogens is 297 g/mol. The van der Waals surface area contributed by atoms with Gasteiger partial charge in [-0.25, -0.2) is 4.39 Å². The van der Waals surface area contributed by atoms with Crippen molar-refractivity contribution in [3.05, 3.63) is 65.0 Å². The van der Waals surface area contributed by atoms with E-state index in [1.165, 1.54) is 24.3 Å². The number of esters is 1. The van der Waals surface area contributed by atoms with E-state index in [0.29, 0.717) is 11.3 Å². The number of nitrogens with one attached hydrogen (secondary N) is 1. The zero-order valence-corrected chi connectivity index (χ0v) is 13.1. The number of ether oxygens (including phenoxy) is 1. The van der Waals surface area contributed by atoms with Gasteiger partial charge in [-0.1, -0.05) is 24.3 Å². The van der Waals surface area contributed by atoms with Crippen LogP contribution in [0.15, 0.2) is 42.5 Å². The molecule has 1 amide bonds. The minimum Gasteiger partial charge on any atom is -0.455 e. The predicted molar refractivity (Wildman–Crippen MR) is 85.6 cm³/mol. The molecule has 1 N–H and O–H groups in total. The van der Waals surface area contributed by atoms with Crippen LogP contribution in [0.1, 0.15) is 16.7 Å². The number of hydrogen-bond donors (Lipinski definition) is 1. The molecule has 2 aromatic carbocycles. The average molecular weight is 315 g/mol. The second-order valence-corrected chi connectivity index (χ2v) is 5.26. The lowest BCUT2D eigenvalue weighted by molar-refractivity contribution is -0.146. The molecule has 0 aliphatic heterocycles. The summed E-state index contributed by atoms with van der Waals surface area (Å²) in [7, 11) is 0. The van der Waals surface area contributed by atoms with E-state index in [0.717, 1.165) is 11.1 Å². The van der Waals surface area contributed by atoms with E-state index < -0.39 is 11.9 Å². The van der Waals surface area contributed by atoms with Crippen LogP contribution in [-0.4, -0.2) is 18.5 Å². The van der Waals surface area contributed by atoms with Gasteiger partial charge in [-0.3, -0.25) is 9.59 Å². The van der Waals surface area contributed by atoms with E-state index >= 15 is 0 Å². The summed E-state index contributed by atoms with van der Waals surface area (Å²) >= 11 is 0. The maximum Gasteiger partial charge on any atom is 0.310 e. The van der Waals surface area contributed by atoms with Crippen LogP contribution in [0.2, 0.25) is 0 Å². The molecule has 0 atom stereocenters. The first-order chi connectivity index (χ1) is 11.0. The lowest BCUT2D eigenvalue weighted by Crippen LogP contribution is -2.22. The Bertz CT molecular complexity index is 711. The van der Waals surface area contributed by atoms with E-state index in [-0.39, 0.29) is 18.8 Å².